The molecule has 4 rings (SSSR count). The highest BCUT2D eigenvalue weighted by Gasteiger charge is 2.45. The molecule has 1 saturated carbocycles. The normalized spacial score (nSPS) is 16.3. The van der Waals surface area contributed by atoms with Gasteiger partial charge in [0.1, 0.15) is 6.04 Å². The first kappa shape index (κ1) is 40.8. The van der Waals surface area contributed by atoms with Gasteiger partial charge in [-0.25, -0.2) is 8.42 Å². The molecule has 1 aliphatic rings. The van der Waals surface area contributed by atoms with E-state index in [1.54, 1.807) is 26.8 Å². The van der Waals surface area contributed by atoms with Crippen LogP contribution in [0.1, 0.15) is 64.2 Å². The lowest BCUT2D eigenvalue weighted by Gasteiger charge is -2.34. The number of nitrogens with two attached hydrogens (primary N) is 1. The Labute approximate surface area is 304 Å². The SMILES string of the molecule is CC(C)CN(C[C@@H](O)[C@H](Cc1ccccc1)NC(=O)[C@@H](NC(=O)CNC1(c2cccc(C(F)(F)F)c2)CC1)C(C)(C)C)S(=O)(=O)c1ccc(N)cc1. The van der Waals surface area contributed by atoms with Crippen molar-refractivity contribution in [2.45, 2.75) is 88.7 Å². The molecule has 0 heterocycles. The minimum Gasteiger partial charge on any atom is -0.399 e. The molecule has 0 bridgehead atoms. The van der Waals surface area contributed by atoms with Gasteiger partial charge in [-0.05, 0) is 78.1 Å². The van der Waals surface area contributed by atoms with Crippen molar-refractivity contribution in [2.24, 2.45) is 11.3 Å². The molecule has 0 saturated heterocycles. The van der Waals surface area contributed by atoms with E-state index in [0.29, 0.717) is 24.1 Å². The number of amides is 2. The summed E-state index contributed by atoms with van der Waals surface area (Å²) in [6.07, 6.45) is -4.60. The third-order valence-corrected chi connectivity index (χ3v) is 10.9. The van der Waals surface area contributed by atoms with Crippen LogP contribution in [0.5, 0.6) is 0 Å². The van der Waals surface area contributed by atoms with E-state index in [2.05, 4.69) is 16.0 Å². The van der Waals surface area contributed by atoms with Crippen LogP contribution in [0.25, 0.3) is 0 Å². The molecule has 0 radical (unpaired) electrons. The molecule has 0 aliphatic heterocycles. The number of hydrogen-bond donors (Lipinski definition) is 5. The second-order valence-corrected chi connectivity index (χ2v) is 17.0. The van der Waals surface area contributed by atoms with Crippen LogP contribution in [0.3, 0.4) is 0 Å². The van der Waals surface area contributed by atoms with Gasteiger partial charge < -0.3 is 21.5 Å². The first-order valence-electron chi connectivity index (χ1n) is 17.3. The van der Waals surface area contributed by atoms with Gasteiger partial charge in [0.05, 0.1) is 29.1 Å². The van der Waals surface area contributed by atoms with Crippen molar-refractivity contribution in [1.29, 1.82) is 0 Å². The fourth-order valence-corrected chi connectivity index (χ4v) is 7.66. The standard InChI is InChI=1S/C38H50F3N5O5S/c1-25(2)23-46(52(50,51)30-16-14-29(42)15-17-30)24-32(47)31(20-26-10-7-6-8-11-26)44-35(49)34(36(3,4)5)45-33(48)22-43-37(18-19-37)27-12-9-13-28(21-27)38(39,40)41/h6-17,21,25,31-32,34,43,47H,18-20,22-24,42H2,1-5H3,(H,44,49)(H,45,48)/t31-,32+,34+/m0/s1. The van der Waals surface area contributed by atoms with E-state index >= 15 is 0 Å². The van der Waals surface area contributed by atoms with Gasteiger partial charge in [0.15, 0.2) is 0 Å². The summed E-state index contributed by atoms with van der Waals surface area (Å²) in [6, 6.07) is 17.9. The molecule has 0 unspecified atom stereocenters. The summed E-state index contributed by atoms with van der Waals surface area (Å²) in [4.78, 5) is 27.3. The number of aliphatic hydroxyl groups excluding tert-OH is 1. The van der Waals surface area contributed by atoms with E-state index in [4.69, 9.17) is 5.73 Å². The van der Waals surface area contributed by atoms with E-state index in [1.165, 1.54) is 34.6 Å². The lowest BCUT2D eigenvalue weighted by Crippen LogP contribution is -2.59. The van der Waals surface area contributed by atoms with E-state index < -0.39 is 62.7 Å². The van der Waals surface area contributed by atoms with E-state index in [9.17, 15) is 36.3 Å². The number of anilines is 1. The van der Waals surface area contributed by atoms with Gasteiger partial charge in [0.2, 0.25) is 21.8 Å². The Balaban J connectivity index is 1.52. The lowest BCUT2D eigenvalue weighted by molar-refractivity contribution is -0.137. The predicted molar refractivity (Wildman–Crippen MR) is 194 cm³/mol. The zero-order valence-corrected chi connectivity index (χ0v) is 31.0. The quantitative estimate of drug-likeness (QED) is 0.132. The molecule has 0 aromatic heterocycles. The minimum absolute atomic E-state index is 0.0170. The number of sulfonamides is 1. The largest absolute Gasteiger partial charge is 0.416 e. The van der Waals surface area contributed by atoms with Gasteiger partial charge in [-0.2, -0.15) is 17.5 Å². The zero-order valence-electron chi connectivity index (χ0n) is 30.2. The Morgan fingerprint density at radius 2 is 1.56 bits per heavy atom. The van der Waals surface area contributed by atoms with Crippen LogP contribution in [0, 0.1) is 11.3 Å². The number of carbonyl (C=O) groups is 2. The summed E-state index contributed by atoms with van der Waals surface area (Å²) < 4.78 is 68.8. The van der Waals surface area contributed by atoms with E-state index in [-0.39, 0.29) is 36.9 Å². The highest BCUT2D eigenvalue weighted by Crippen LogP contribution is 2.46. The second kappa shape index (κ2) is 16.4. The van der Waals surface area contributed by atoms with Crippen molar-refractivity contribution < 1.29 is 36.3 Å². The lowest BCUT2D eigenvalue weighted by atomic mass is 9.85. The molecule has 3 aromatic carbocycles. The van der Waals surface area contributed by atoms with Crippen LogP contribution in [0.2, 0.25) is 0 Å². The summed E-state index contributed by atoms with van der Waals surface area (Å²) in [5, 5.41) is 20.4. The van der Waals surface area contributed by atoms with Gasteiger partial charge >= 0.3 is 6.18 Å². The number of benzene rings is 3. The second-order valence-electron chi connectivity index (χ2n) is 15.0. The van der Waals surface area contributed by atoms with Crippen LogP contribution in [0.4, 0.5) is 18.9 Å². The van der Waals surface area contributed by atoms with Crippen LogP contribution >= 0.6 is 0 Å². The Hall–Kier alpha value is -3.98. The third-order valence-electron chi connectivity index (χ3n) is 9.08. The number of aliphatic hydroxyl groups is 1. The van der Waals surface area contributed by atoms with Crippen LogP contribution in [-0.2, 0) is 37.7 Å². The number of carbonyl (C=O) groups excluding carboxylic acids is 2. The Bertz CT molecular complexity index is 1780. The van der Waals surface area contributed by atoms with E-state index in [0.717, 1.165) is 17.7 Å². The summed E-state index contributed by atoms with van der Waals surface area (Å²) in [6.45, 7) is 8.54. The highest BCUT2D eigenvalue weighted by atomic mass is 32.2. The molecular weight excluding hydrogens is 696 g/mol. The summed E-state index contributed by atoms with van der Waals surface area (Å²) in [5.74, 6) is -1.21. The molecule has 1 fully saturated rings. The van der Waals surface area contributed by atoms with Gasteiger partial charge in [-0.1, -0.05) is 77.1 Å². The molecule has 0 spiro atoms. The number of nitrogens with zero attached hydrogens (tertiary/aromatic N) is 1. The maximum Gasteiger partial charge on any atom is 0.416 e. The van der Waals surface area contributed by atoms with Gasteiger partial charge in [0.25, 0.3) is 0 Å². The molecule has 52 heavy (non-hydrogen) atoms. The average Bonchev–Trinajstić information content (AvgIpc) is 3.86. The first-order chi connectivity index (χ1) is 24.2. The van der Waals surface area contributed by atoms with Crippen LogP contribution in [0.15, 0.2) is 83.8 Å². The predicted octanol–water partition coefficient (Wildman–Crippen LogP) is 4.83. The van der Waals surface area contributed by atoms with Crippen molar-refractivity contribution in [1.82, 2.24) is 20.3 Å². The number of halogens is 3. The van der Waals surface area contributed by atoms with Crippen molar-refractivity contribution in [3.8, 4) is 0 Å². The van der Waals surface area contributed by atoms with Crippen molar-refractivity contribution in [3.63, 3.8) is 0 Å². The molecular formula is C38H50F3N5O5S. The molecule has 3 aromatic rings. The number of alkyl halides is 3. The molecule has 10 nitrogen and oxygen atoms in total. The molecule has 6 N–H and O–H groups in total. The summed E-state index contributed by atoms with van der Waals surface area (Å²) >= 11 is 0. The molecule has 1 aliphatic carbocycles. The monoisotopic (exact) mass is 745 g/mol. The molecule has 3 atom stereocenters. The minimum atomic E-state index is -4.50. The number of rotatable bonds is 16. The van der Waals surface area contributed by atoms with Gasteiger partial charge in [-0.3, -0.25) is 14.9 Å². The van der Waals surface area contributed by atoms with Gasteiger partial charge in [-0.15, -0.1) is 0 Å². The highest BCUT2D eigenvalue weighted by molar-refractivity contribution is 7.89. The first-order valence-corrected chi connectivity index (χ1v) is 18.8. The fraction of sp³-hybridized carbons (Fsp3) is 0.474. The average molecular weight is 746 g/mol. The number of nitrogen functional groups attached to an aromatic ring is 1. The van der Waals surface area contributed by atoms with Crippen molar-refractivity contribution in [2.75, 3.05) is 25.4 Å². The Morgan fingerprint density at radius 3 is 2.12 bits per heavy atom. The molecule has 2 amide bonds. The van der Waals surface area contributed by atoms with Crippen molar-refractivity contribution in [3.05, 3.63) is 95.6 Å². The van der Waals surface area contributed by atoms with E-state index in [1.807, 2.05) is 44.2 Å². The third kappa shape index (κ3) is 10.8. The van der Waals surface area contributed by atoms with Gasteiger partial charge in [0, 0.05) is 24.3 Å². The number of hydrogen-bond acceptors (Lipinski definition) is 7. The number of nitrogens with one attached hydrogen (secondary N) is 3. The topological polar surface area (TPSA) is 154 Å². The summed E-state index contributed by atoms with van der Waals surface area (Å²) in [7, 11) is -4.06. The fourth-order valence-electron chi connectivity index (χ4n) is 6.04. The van der Waals surface area contributed by atoms with Crippen LogP contribution in [-0.4, -0.2) is 67.5 Å². The Morgan fingerprint density at radius 1 is 0.923 bits per heavy atom. The van der Waals surface area contributed by atoms with Crippen LogP contribution < -0.4 is 21.7 Å². The molecule has 284 valence electrons. The summed E-state index contributed by atoms with van der Waals surface area (Å²) in [5.41, 5.74) is 5.05. The maximum absolute atomic E-state index is 14.0. The van der Waals surface area contributed by atoms with Crippen molar-refractivity contribution >= 4 is 27.5 Å². The zero-order chi connectivity index (χ0) is 38.5. The Kier molecular flexibility index (Phi) is 12.8. The molecule has 14 heteroatoms. The maximum atomic E-state index is 14.0. The smallest absolute Gasteiger partial charge is 0.399 e.